The molecule has 0 atom stereocenters. The fourth-order valence-corrected chi connectivity index (χ4v) is 2.17. The van der Waals surface area contributed by atoms with Gasteiger partial charge in [0.2, 0.25) is 5.91 Å². The van der Waals surface area contributed by atoms with Crippen molar-refractivity contribution in [2.24, 2.45) is 11.7 Å². The number of primary amides is 1. The second kappa shape index (κ2) is 4.70. The normalized spacial score (nSPS) is 18.8. The van der Waals surface area contributed by atoms with Gasteiger partial charge in [0, 0.05) is 5.92 Å². The van der Waals surface area contributed by atoms with Gasteiger partial charge in [-0.1, -0.05) is 0 Å². The number of hydrogen-bond donors (Lipinski definition) is 1. The number of hydrogen-bond acceptors (Lipinski definition) is 3. The third kappa shape index (κ3) is 2.64. The average Bonchev–Trinajstić information content (AvgIpc) is 2.65. The Morgan fingerprint density at radius 1 is 1.50 bits per heavy atom. The van der Waals surface area contributed by atoms with Crippen LogP contribution >= 0.6 is 0 Å². The van der Waals surface area contributed by atoms with E-state index in [-0.39, 0.29) is 11.8 Å². The van der Waals surface area contributed by atoms with Gasteiger partial charge in [-0.05, 0) is 45.0 Å². The highest BCUT2D eigenvalue weighted by Crippen LogP contribution is 2.19. The summed E-state index contributed by atoms with van der Waals surface area (Å²) in [7, 11) is 0. The first-order chi connectivity index (χ1) is 7.65. The van der Waals surface area contributed by atoms with E-state index in [1.807, 2.05) is 19.1 Å². The van der Waals surface area contributed by atoms with Crippen LogP contribution in [-0.2, 0) is 11.3 Å². The SMILES string of the molecule is Cc1ccc(CN2CCC(C(N)=O)CC2)o1. The van der Waals surface area contributed by atoms with Crippen LogP contribution in [0.3, 0.4) is 0 Å². The largest absolute Gasteiger partial charge is 0.465 e. The Labute approximate surface area is 95.4 Å². The summed E-state index contributed by atoms with van der Waals surface area (Å²) < 4.78 is 5.53. The minimum absolute atomic E-state index is 0.0644. The summed E-state index contributed by atoms with van der Waals surface area (Å²) in [5.74, 6) is 1.85. The molecule has 88 valence electrons. The fraction of sp³-hybridized carbons (Fsp3) is 0.583. The smallest absolute Gasteiger partial charge is 0.220 e. The predicted molar refractivity (Wildman–Crippen MR) is 60.6 cm³/mol. The molecule has 0 aliphatic carbocycles. The molecule has 4 nitrogen and oxygen atoms in total. The molecule has 0 bridgehead atoms. The highest BCUT2D eigenvalue weighted by atomic mass is 16.3. The van der Waals surface area contributed by atoms with Gasteiger partial charge in [-0.2, -0.15) is 0 Å². The lowest BCUT2D eigenvalue weighted by atomic mass is 9.96. The molecule has 1 aliphatic heterocycles. The van der Waals surface area contributed by atoms with E-state index in [1.54, 1.807) is 0 Å². The van der Waals surface area contributed by atoms with Gasteiger partial charge in [-0.3, -0.25) is 9.69 Å². The zero-order valence-corrected chi connectivity index (χ0v) is 9.61. The van der Waals surface area contributed by atoms with E-state index in [9.17, 15) is 4.79 Å². The monoisotopic (exact) mass is 222 g/mol. The molecule has 0 spiro atoms. The van der Waals surface area contributed by atoms with E-state index in [0.717, 1.165) is 44.0 Å². The third-order valence-corrected chi connectivity index (χ3v) is 3.17. The molecule has 1 aromatic rings. The first-order valence-corrected chi connectivity index (χ1v) is 5.72. The zero-order valence-electron chi connectivity index (χ0n) is 9.61. The van der Waals surface area contributed by atoms with Crippen molar-refractivity contribution in [3.8, 4) is 0 Å². The minimum Gasteiger partial charge on any atom is -0.465 e. The third-order valence-electron chi connectivity index (χ3n) is 3.17. The Morgan fingerprint density at radius 3 is 2.69 bits per heavy atom. The average molecular weight is 222 g/mol. The predicted octanol–water partition coefficient (Wildman–Crippen LogP) is 1.29. The first kappa shape index (κ1) is 11.2. The molecule has 0 aromatic carbocycles. The van der Waals surface area contributed by atoms with Gasteiger partial charge in [0.05, 0.1) is 6.54 Å². The lowest BCUT2D eigenvalue weighted by Crippen LogP contribution is -2.38. The van der Waals surface area contributed by atoms with Gasteiger partial charge in [0.15, 0.2) is 0 Å². The molecule has 1 amide bonds. The Hall–Kier alpha value is -1.29. The van der Waals surface area contributed by atoms with Crippen molar-refractivity contribution in [1.82, 2.24) is 4.90 Å². The summed E-state index contributed by atoms with van der Waals surface area (Å²) in [4.78, 5) is 13.3. The summed E-state index contributed by atoms with van der Waals surface area (Å²) in [6.07, 6.45) is 1.74. The second-order valence-corrected chi connectivity index (χ2v) is 4.47. The number of likely N-dealkylation sites (tertiary alicyclic amines) is 1. The lowest BCUT2D eigenvalue weighted by Gasteiger charge is -2.29. The van der Waals surface area contributed by atoms with Crippen LogP contribution in [0.2, 0.25) is 0 Å². The number of rotatable bonds is 3. The van der Waals surface area contributed by atoms with Crippen LogP contribution in [0.25, 0.3) is 0 Å². The molecular formula is C12H18N2O2. The Kier molecular flexibility index (Phi) is 3.29. The number of nitrogens with zero attached hydrogens (tertiary/aromatic N) is 1. The number of furan rings is 1. The second-order valence-electron chi connectivity index (χ2n) is 4.47. The zero-order chi connectivity index (χ0) is 11.5. The van der Waals surface area contributed by atoms with E-state index in [2.05, 4.69) is 4.90 Å². The molecule has 0 unspecified atom stereocenters. The van der Waals surface area contributed by atoms with Crippen LogP contribution in [-0.4, -0.2) is 23.9 Å². The van der Waals surface area contributed by atoms with Gasteiger partial charge in [-0.25, -0.2) is 0 Å². The molecule has 1 aliphatic rings. The molecule has 1 saturated heterocycles. The maximum Gasteiger partial charge on any atom is 0.220 e. The van der Waals surface area contributed by atoms with Gasteiger partial charge < -0.3 is 10.2 Å². The van der Waals surface area contributed by atoms with Crippen molar-refractivity contribution < 1.29 is 9.21 Å². The topological polar surface area (TPSA) is 59.5 Å². The molecule has 0 saturated carbocycles. The number of aryl methyl sites for hydroxylation is 1. The van der Waals surface area contributed by atoms with Crippen LogP contribution in [0.15, 0.2) is 16.5 Å². The first-order valence-electron chi connectivity index (χ1n) is 5.72. The molecule has 2 rings (SSSR count). The standard InChI is InChI=1S/C12H18N2O2/c1-9-2-3-11(16-9)8-14-6-4-10(5-7-14)12(13)15/h2-3,10H,4-8H2,1H3,(H2,13,15). The highest BCUT2D eigenvalue weighted by Gasteiger charge is 2.23. The van der Waals surface area contributed by atoms with Crippen LogP contribution in [0, 0.1) is 12.8 Å². The summed E-state index contributed by atoms with van der Waals surface area (Å²) in [6.45, 7) is 4.63. The Bertz CT molecular complexity index is 365. The van der Waals surface area contributed by atoms with Crippen LogP contribution in [0.4, 0.5) is 0 Å². The number of piperidine rings is 1. The van der Waals surface area contributed by atoms with E-state index in [4.69, 9.17) is 10.2 Å². The Balaban J connectivity index is 1.83. The van der Waals surface area contributed by atoms with E-state index < -0.39 is 0 Å². The van der Waals surface area contributed by atoms with E-state index in [1.165, 1.54) is 0 Å². The van der Waals surface area contributed by atoms with Crippen molar-refractivity contribution in [3.05, 3.63) is 23.7 Å². The van der Waals surface area contributed by atoms with Gasteiger partial charge in [0.25, 0.3) is 0 Å². The van der Waals surface area contributed by atoms with Crippen molar-refractivity contribution in [2.45, 2.75) is 26.3 Å². The quantitative estimate of drug-likeness (QED) is 0.838. The van der Waals surface area contributed by atoms with Crippen molar-refractivity contribution in [1.29, 1.82) is 0 Å². The summed E-state index contributed by atoms with van der Waals surface area (Å²) in [5, 5.41) is 0. The highest BCUT2D eigenvalue weighted by molar-refractivity contribution is 5.76. The van der Waals surface area contributed by atoms with Crippen molar-refractivity contribution in [3.63, 3.8) is 0 Å². The maximum absolute atomic E-state index is 11.0. The van der Waals surface area contributed by atoms with Gasteiger partial charge >= 0.3 is 0 Å². The molecule has 16 heavy (non-hydrogen) atoms. The van der Waals surface area contributed by atoms with Gasteiger partial charge in [0.1, 0.15) is 11.5 Å². The van der Waals surface area contributed by atoms with Crippen molar-refractivity contribution in [2.75, 3.05) is 13.1 Å². The molecule has 2 N–H and O–H groups in total. The number of amides is 1. The summed E-state index contributed by atoms with van der Waals surface area (Å²) >= 11 is 0. The van der Waals surface area contributed by atoms with E-state index >= 15 is 0 Å². The molecule has 2 heterocycles. The number of carbonyl (C=O) groups excluding carboxylic acids is 1. The van der Waals surface area contributed by atoms with Gasteiger partial charge in [-0.15, -0.1) is 0 Å². The minimum atomic E-state index is -0.159. The van der Waals surface area contributed by atoms with Crippen LogP contribution < -0.4 is 5.73 Å². The summed E-state index contributed by atoms with van der Waals surface area (Å²) in [6, 6.07) is 3.99. The van der Waals surface area contributed by atoms with Crippen molar-refractivity contribution >= 4 is 5.91 Å². The van der Waals surface area contributed by atoms with Crippen LogP contribution in [0.5, 0.6) is 0 Å². The lowest BCUT2D eigenvalue weighted by molar-refractivity contribution is -0.123. The fourth-order valence-electron chi connectivity index (χ4n) is 2.17. The molecule has 4 heteroatoms. The molecule has 0 radical (unpaired) electrons. The van der Waals surface area contributed by atoms with E-state index in [0.29, 0.717) is 0 Å². The van der Waals surface area contributed by atoms with Crippen LogP contribution in [0.1, 0.15) is 24.4 Å². The number of nitrogens with two attached hydrogens (primary N) is 1. The number of carbonyl (C=O) groups is 1. The molecular weight excluding hydrogens is 204 g/mol. The molecule has 1 fully saturated rings. The Morgan fingerprint density at radius 2 is 2.19 bits per heavy atom. The maximum atomic E-state index is 11.0. The molecule has 1 aromatic heterocycles. The summed E-state index contributed by atoms with van der Waals surface area (Å²) in [5.41, 5.74) is 5.29.